The Morgan fingerprint density at radius 2 is 1.81 bits per heavy atom. The molecule has 3 aromatic rings. The minimum Gasteiger partial charge on any atom is -0.502 e. The standard InChI is InChI=1S/C29H33N3O5/c1-17(2)19-6-8-20(9-7-19)23(12-26(30)34)29-28(36)25(33)11-22(37-29)16-31-13-18-10-21(15-31)24-4-3-5-27(35)32(24)14-18/h3-9,11,17-18,21,23,36H,10,12-16H2,1-2H3,(H2,30,34)/t18-,21+,23?/m1/s1. The number of hydrogen-bond acceptors (Lipinski definition) is 6. The first-order valence-corrected chi connectivity index (χ1v) is 12.9. The van der Waals surface area contributed by atoms with Gasteiger partial charge in [0.15, 0.2) is 5.76 Å². The number of aromatic hydroxyl groups is 1. The van der Waals surface area contributed by atoms with E-state index in [4.69, 9.17) is 10.2 Å². The summed E-state index contributed by atoms with van der Waals surface area (Å²) in [6.45, 7) is 6.77. The average Bonchev–Trinajstić information content (AvgIpc) is 2.85. The quantitative estimate of drug-likeness (QED) is 0.511. The number of aromatic nitrogens is 1. The molecule has 0 aliphatic carbocycles. The predicted molar refractivity (Wildman–Crippen MR) is 140 cm³/mol. The molecule has 2 bridgehead atoms. The van der Waals surface area contributed by atoms with Crippen molar-refractivity contribution in [2.75, 3.05) is 13.1 Å². The molecule has 5 rings (SSSR count). The van der Waals surface area contributed by atoms with Gasteiger partial charge in [-0.3, -0.25) is 19.3 Å². The van der Waals surface area contributed by atoms with Crippen molar-refractivity contribution in [3.8, 4) is 5.75 Å². The van der Waals surface area contributed by atoms with Crippen LogP contribution in [-0.4, -0.2) is 33.6 Å². The van der Waals surface area contributed by atoms with Gasteiger partial charge in [0.05, 0.1) is 12.5 Å². The monoisotopic (exact) mass is 503 g/mol. The molecule has 8 heteroatoms. The fourth-order valence-corrected chi connectivity index (χ4v) is 5.89. The average molecular weight is 504 g/mol. The first kappa shape index (κ1) is 25.0. The fourth-order valence-electron chi connectivity index (χ4n) is 5.89. The van der Waals surface area contributed by atoms with Crippen molar-refractivity contribution >= 4 is 5.91 Å². The van der Waals surface area contributed by atoms with Gasteiger partial charge in [-0.25, -0.2) is 0 Å². The highest BCUT2D eigenvalue weighted by molar-refractivity contribution is 5.75. The summed E-state index contributed by atoms with van der Waals surface area (Å²) in [5.41, 5.74) is 7.98. The predicted octanol–water partition coefficient (Wildman–Crippen LogP) is 3.26. The molecule has 194 valence electrons. The van der Waals surface area contributed by atoms with Crippen molar-refractivity contribution in [2.45, 2.75) is 57.5 Å². The molecular weight excluding hydrogens is 470 g/mol. The second-order valence-corrected chi connectivity index (χ2v) is 10.7. The Morgan fingerprint density at radius 1 is 1.08 bits per heavy atom. The number of carbonyl (C=O) groups is 1. The number of carbonyl (C=O) groups excluding carboxylic acids is 1. The summed E-state index contributed by atoms with van der Waals surface area (Å²) >= 11 is 0. The summed E-state index contributed by atoms with van der Waals surface area (Å²) in [5, 5.41) is 10.7. The Morgan fingerprint density at radius 3 is 2.51 bits per heavy atom. The summed E-state index contributed by atoms with van der Waals surface area (Å²) in [6, 6.07) is 14.5. The van der Waals surface area contributed by atoms with Crippen molar-refractivity contribution in [3.05, 3.63) is 97.4 Å². The smallest absolute Gasteiger partial charge is 0.250 e. The summed E-state index contributed by atoms with van der Waals surface area (Å²) < 4.78 is 8.03. The topological polar surface area (TPSA) is 119 Å². The van der Waals surface area contributed by atoms with Gasteiger partial charge in [-0.1, -0.05) is 44.2 Å². The van der Waals surface area contributed by atoms with E-state index in [1.54, 1.807) is 6.07 Å². The van der Waals surface area contributed by atoms with Crippen LogP contribution in [0, 0.1) is 5.92 Å². The van der Waals surface area contributed by atoms with Crippen molar-refractivity contribution in [2.24, 2.45) is 11.7 Å². The number of fused-ring (bicyclic) bond motifs is 4. The number of amides is 1. The molecule has 0 saturated carbocycles. The number of likely N-dealkylation sites (tertiary alicyclic amines) is 1. The van der Waals surface area contributed by atoms with Crippen LogP contribution in [0.5, 0.6) is 5.75 Å². The fraction of sp³-hybridized carbons (Fsp3) is 0.414. The van der Waals surface area contributed by atoms with Crippen LogP contribution in [0.3, 0.4) is 0 Å². The number of piperidine rings is 1. The Kier molecular flexibility index (Phi) is 6.77. The van der Waals surface area contributed by atoms with E-state index in [1.807, 2.05) is 41.0 Å². The van der Waals surface area contributed by atoms with Crippen molar-refractivity contribution in [1.29, 1.82) is 0 Å². The normalized spacial score (nSPS) is 20.0. The van der Waals surface area contributed by atoms with Gasteiger partial charge >= 0.3 is 0 Å². The molecule has 37 heavy (non-hydrogen) atoms. The van der Waals surface area contributed by atoms with Crippen LogP contribution in [0.15, 0.2) is 62.5 Å². The molecule has 8 nitrogen and oxygen atoms in total. The van der Waals surface area contributed by atoms with Crippen LogP contribution >= 0.6 is 0 Å². The number of benzene rings is 1. The van der Waals surface area contributed by atoms with E-state index in [1.165, 1.54) is 6.07 Å². The number of nitrogens with zero attached hydrogens (tertiary/aromatic N) is 2. The zero-order valence-corrected chi connectivity index (χ0v) is 21.2. The van der Waals surface area contributed by atoms with E-state index < -0.39 is 23.0 Å². The summed E-state index contributed by atoms with van der Waals surface area (Å²) in [6.07, 6.45) is 0.929. The van der Waals surface area contributed by atoms with Crippen LogP contribution < -0.4 is 16.7 Å². The second-order valence-electron chi connectivity index (χ2n) is 10.7. The zero-order valence-electron chi connectivity index (χ0n) is 21.2. The Balaban J connectivity index is 1.44. The highest BCUT2D eigenvalue weighted by Crippen LogP contribution is 2.37. The molecule has 3 atom stereocenters. The molecule has 1 unspecified atom stereocenters. The highest BCUT2D eigenvalue weighted by atomic mass is 16.4. The van der Waals surface area contributed by atoms with E-state index in [0.29, 0.717) is 30.7 Å². The van der Waals surface area contributed by atoms with Crippen LogP contribution in [0.4, 0.5) is 0 Å². The highest BCUT2D eigenvalue weighted by Gasteiger charge is 2.35. The number of rotatable bonds is 7. The molecule has 1 aromatic carbocycles. The molecule has 1 amide bonds. The van der Waals surface area contributed by atoms with Gasteiger partial charge in [-0.15, -0.1) is 0 Å². The lowest BCUT2D eigenvalue weighted by Gasteiger charge is -2.42. The Labute approximate surface area is 215 Å². The number of primary amides is 1. The van der Waals surface area contributed by atoms with Crippen LogP contribution in [-0.2, 0) is 17.9 Å². The van der Waals surface area contributed by atoms with Crippen molar-refractivity contribution < 1.29 is 14.3 Å². The van der Waals surface area contributed by atoms with Gasteiger partial charge in [-0.05, 0) is 35.4 Å². The Hall–Kier alpha value is -3.65. The third-order valence-corrected chi connectivity index (χ3v) is 7.66. The van der Waals surface area contributed by atoms with Crippen molar-refractivity contribution in [1.82, 2.24) is 9.47 Å². The molecule has 0 spiro atoms. The molecule has 4 heterocycles. The van der Waals surface area contributed by atoms with E-state index in [2.05, 4.69) is 18.7 Å². The molecule has 3 N–H and O–H groups in total. The van der Waals surface area contributed by atoms with Crippen LogP contribution in [0.25, 0.3) is 0 Å². The minimum absolute atomic E-state index is 0.0387. The molecule has 1 fully saturated rings. The largest absolute Gasteiger partial charge is 0.502 e. The van der Waals surface area contributed by atoms with Crippen molar-refractivity contribution in [3.63, 3.8) is 0 Å². The molecular formula is C29H33N3O5. The molecule has 2 aliphatic heterocycles. The molecule has 2 aliphatic rings. The summed E-state index contributed by atoms with van der Waals surface area (Å²) in [5.74, 6) is -0.332. The minimum atomic E-state index is -0.675. The molecule has 0 radical (unpaired) electrons. The number of hydrogen-bond donors (Lipinski definition) is 2. The van der Waals surface area contributed by atoms with E-state index >= 15 is 0 Å². The van der Waals surface area contributed by atoms with Gasteiger partial charge in [0.2, 0.25) is 17.1 Å². The van der Waals surface area contributed by atoms with E-state index in [0.717, 1.165) is 36.3 Å². The zero-order chi connectivity index (χ0) is 26.3. The van der Waals surface area contributed by atoms with Gasteiger partial charge in [0.1, 0.15) is 5.76 Å². The maximum absolute atomic E-state index is 12.8. The van der Waals surface area contributed by atoms with Gasteiger partial charge in [0.25, 0.3) is 5.56 Å². The summed E-state index contributed by atoms with van der Waals surface area (Å²) in [7, 11) is 0. The van der Waals surface area contributed by atoms with Gasteiger partial charge in [0, 0.05) is 49.8 Å². The van der Waals surface area contributed by atoms with E-state index in [-0.39, 0.29) is 23.7 Å². The number of nitrogens with two attached hydrogens (primary N) is 1. The Bertz CT molecular complexity index is 1420. The first-order valence-electron chi connectivity index (χ1n) is 12.9. The van der Waals surface area contributed by atoms with Gasteiger partial charge < -0.3 is 19.8 Å². The van der Waals surface area contributed by atoms with E-state index in [9.17, 15) is 19.5 Å². The SMILES string of the molecule is CC(C)c1ccc(C(CC(N)=O)c2oc(CN3C[C@H]4C[C@@H](C3)c3cccc(=O)n3C4)cc(=O)c2O)cc1. The molecule has 1 saturated heterocycles. The third kappa shape index (κ3) is 5.11. The lowest BCUT2D eigenvalue weighted by molar-refractivity contribution is -0.118. The van der Waals surface area contributed by atoms with Gasteiger partial charge in [-0.2, -0.15) is 0 Å². The summed E-state index contributed by atoms with van der Waals surface area (Å²) in [4.78, 5) is 39.3. The second kappa shape index (κ2) is 10.0. The van der Waals surface area contributed by atoms with Crippen LogP contribution in [0.1, 0.15) is 72.8 Å². The third-order valence-electron chi connectivity index (χ3n) is 7.66. The first-order chi connectivity index (χ1) is 17.7. The maximum Gasteiger partial charge on any atom is 0.250 e. The lowest BCUT2D eigenvalue weighted by atomic mass is 9.83. The molecule has 2 aromatic heterocycles. The van der Waals surface area contributed by atoms with Crippen LogP contribution in [0.2, 0.25) is 0 Å². The maximum atomic E-state index is 12.8. The lowest BCUT2D eigenvalue weighted by Crippen LogP contribution is -2.46. The number of pyridine rings is 1.